The summed E-state index contributed by atoms with van der Waals surface area (Å²) in [6, 6.07) is 6.11. The first-order valence-electron chi connectivity index (χ1n) is 7.60. The standard InChI is InChI=1S/C15H17BrFN5O2S/c1-25(23,24)15-20-13(19-10-2-3-12(17)11(16)8-10)9-14(21-15)22-6-4-18-5-7-22/h2-3,8-9,18H,4-7H2,1H3,(H,19,20,21). The van der Waals surface area contributed by atoms with Crippen LogP contribution in [0, 0.1) is 5.82 Å². The van der Waals surface area contributed by atoms with Gasteiger partial charge in [-0.1, -0.05) is 0 Å². The molecule has 10 heteroatoms. The molecule has 1 aromatic carbocycles. The van der Waals surface area contributed by atoms with Crippen LogP contribution in [-0.4, -0.2) is 50.8 Å². The molecule has 0 aliphatic carbocycles. The van der Waals surface area contributed by atoms with Crippen LogP contribution in [0.15, 0.2) is 33.9 Å². The minimum absolute atomic E-state index is 0.243. The summed E-state index contributed by atoms with van der Waals surface area (Å²) in [7, 11) is -3.57. The van der Waals surface area contributed by atoms with Gasteiger partial charge in [-0.15, -0.1) is 0 Å². The Bertz CT molecular complexity index is 887. The van der Waals surface area contributed by atoms with Gasteiger partial charge in [0.05, 0.1) is 4.47 Å². The summed E-state index contributed by atoms with van der Waals surface area (Å²) in [5.41, 5.74) is 0.581. The maximum atomic E-state index is 13.4. The van der Waals surface area contributed by atoms with E-state index in [9.17, 15) is 12.8 Å². The highest BCUT2D eigenvalue weighted by atomic mass is 79.9. The number of aromatic nitrogens is 2. The van der Waals surface area contributed by atoms with E-state index in [1.165, 1.54) is 6.07 Å². The van der Waals surface area contributed by atoms with Gasteiger partial charge in [-0.2, -0.15) is 0 Å². The van der Waals surface area contributed by atoms with E-state index in [-0.39, 0.29) is 11.0 Å². The summed E-state index contributed by atoms with van der Waals surface area (Å²) in [6.45, 7) is 3.04. The lowest BCUT2D eigenvalue weighted by atomic mass is 10.3. The fourth-order valence-electron chi connectivity index (χ4n) is 2.42. The lowest BCUT2D eigenvalue weighted by Crippen LogP contribution is -2.44. The predicted molar refractivity (Wildman–Crippen MR) is 97.6 cm³/mol. The molecule has 1 fully saturated rings. The van der Waals surface area contributed by atoms with Crippen LogP contribution in [0.1, 0.15) is 0 Å². The molecule has 0 saturated carbocycles. The molecule has 25 heavy (non-hydrogen) atoms. The minimum Gasteiger partial charge on any atom is -0.354 e. The Kier molecular flexibility index (Phi) is 5.21. The summed E-state index contributed by atoms with van der Waals surface area (Å²) in [6.07, 6.45) is 1.07. The molecule has 2 N–H and O–H groups in total. The van der Waals surface area contributed by atoms with Crippen molar-refractivity contribution in [2.75, 3.05) is 42.7 Å². The largest absolute Gasteiger partial charge is 0.354 e. The van der Waals surface area contributed by atoms with Gasteiger partial charge < -0.3 is 15.5 Å². The van der Waals surface area contributed by atoms with Crippen LogP contribution in [-0.2, 0) is 9.84 Å². The van der Waals surface area contributed by atoms with Crippen molar-refractivity contribution in [3.8, 4) is 0 Å². The van der Waals surface area contributed by atoms with E-state index >= 15 is 0 Å². The monoisotopic (exact) mass is 429 g/mol. The molecular weight excluding hydrogens is 413 g/mol. The summed E-state index contributed by atoms with van der Waals surface area (Å²) in [5.74, 6) is 0.495. The van der Waals surface area contributed by atoms with Crippen molar-refractivity contribution in [2.45, 2.75) is 5.16 Å². The van der Waals surface area contributed by atoms with Crippen molar-refractivity contribution in [2.24, 2.45) is 0 Å². The molecule has 2 heterocycles. The fraction of sp³-hybridized carbons (Fsp3) is 0.333. The SMILES string of the molecule is CS(=O)(=O)c1nc(Nc2ccc(F)c(Br)c2)cc(N2CCNCC2)n1. The van der Waals surface area contributed by atoms with Gasteiger partial charge in [0.15, 0.2) is 0 Å². The molecule has 1 aromatic heterocycles. The number of hydrogen-bond acceptors (Lipinski definition) is 7. The average Bonchev–Trinajstić information content (AvgIpc) is 2.58. The summed E-state index contributed by atoms with van der Waals surface area (Å²) < 4.78 is 37.5. The summed E-state index contributed by atoms with van der Waals surface area (Å²) >= 11 is 3.12. The van der Waals surface area contributed by atoms with Crippen molar-refractivity contribution in [1.82, 2.24) is 15.3 Å². The van der Waals surface area contributed by atoms with E-state index in [1.54, 1.807) is 18.2 Å². The minimum atomic E-state index is -3.57. The second-order valence-corrected chi connectivity index (χ2v) is 8.42. The number of sulfone groups is 1. The Balaban J connectivity index is 1.97. The number of nitrogens with one attached hydrogen (secondary N) is 2. The molecule has 1 saturated heterocycles. The molecule has 1 aliphatic rings. The van der Waals surface area contributed by atoms with E-state index in [4.69, 9.17) is 0 Å². The fourth-order valence-corrected chi connectivity index (χ4v) is 3.32. The van der Waals surface area contributed by atoms with Gasteiger partial charge in [0.25, 0.3) is 5.16 Å². The molecule has 2 aromatic rings. The molecule has 0 spiro atoms. The Morgan fingerprint density at radius 3 is 2.60 bits per heavy atom. The van der Waals surface area contributed by atoms with Crippen molar-refractivity contribution >= 4 is 43.1 Å². The number of anilines is 3. The van der Waals surface area contributed by atoms with Crippen LogP contribution in [0.3, 0.4) is 0 Å². The number of rotatable bonds is 4. The van der Waals surface area contributed by atoms with Gasteiger partial charge in [-0.05, 0) is 34.1 Å². The van der Waals surface area contributed by atoms with E-state index in [2.05, 4.69) is 36.5 Å². The highest BCUT2D eigenvalue weighted by Crippen LogP contribution is 2.25. The second-order valence-electron chi connectivity index (χ2n) is 5.66. The van der Waals surface area contributed by atoms with E-state index < -0.39 is 9.84 Å². The van der Waals surface area contributed by atoms with Crippen LogP contribution in [0.2, 0.25) is 0 Å². The predicted octanol–water partition coefficient (Wildman–Crippen LogP) is 1.93. The highest BCUT2D eigenvalue weighted by molar-refractivity contribution is 9.10. The third-order valence-electron chi connectivity index (χ3n) is 3.66. The molecule has 134 valence electrons. The normalized spacial score (nSPS) is 15.2. The van der Waals surface area contributed by atoms with Crippen LogP contribution >= 0.6 is 15.9 Å². The first-order valence-corrected chi connectivity index (χ1v) is 10.3. The van der Waals surface area contributed by atoms with Crippen LogP contribution in [0.4, 0.5) is 21.7 Å². The van der Waals surface area contributed by atoms with Gasteiger partial charge in [-0.25, -0.2) is 22.8 Å². The van der Waals surface area contributed by atoms with Crippen LogP contribution in [0.25, 0.3) is 0 Å². The molecule has 1 aliphatic heterocycles. The molecule has 3 rings (SSSR count). The van der Waals surface area contributed by atoms with Crippen molar-refractivity contribution in [3.05, 3.63) is 34.6 Å². The number of nitrogens with zero attached hydrogens (tertiary/aromatic N) is 3. The van der Waals surface area contributed by atoms with Crippen molar-refractivity contribution in [1.29, 1.82) is 0 Å². The molecule has 0 atom stereocenters. The van der Waals surface area contributed by atoms with Gasteiger partial charge in [-0.3, -0.25) is 0 Å². The van der Waals surface area contributed by atoms with E-state index in [0.29, 0.717) is 21.8 Å². The third kappa shape index (κ3) is 4.44. The highest BCUT2D eigenvalue weighted by Gasteiger charge is 2.19. The zero-order valence-corrected chi connectivity index (χ0v) is 15.9. The first-order chi connectivity index (χ1) is 11.8. The van der Waals surface area contributed by atoms with E-state index in [0.717, 1.165) is 32.4 Å². The lowest BCUT2D eigenvalue weighted by molar-refractivity contribution is 0.577. The molecule has 7 nitrogen and oxygen atoms in total. The van der Waals surface area contributed by atoms with Gasteiger partial charge >= 0.3 is 0 Å². The Hall–Kier alpha value is -1.78. The molecule has 0 radical (unpaired) electrons. The van der Waals surface area contributed by atoms with Crippen LogP contribution < -0.4 is 15.5 Å². The maximum absolute atomic E-state index is 13.4. The number of piperazine rings is 1. The quantitative estimate of drug-likeness (QED) is 0.717. The first kappa shape index (κ1) is 18.0. The Morgan fingerprint density at radius 2 is 1.96 bits per heavy atom. The average molecular weight is 430 g/mol. The topological polar surface area (TPSA) is 87.2 Å². The Morgan fingerprint density at radius 1 is 1.24 bits per heavy atom. The van der Waals surface area contributed by atoms with Crippen molar-refractivity contribution in [3.63, 3.8) is 0 Å². The van der Waals surface area contributed by atoms with Gasteiger partial charge in [0, 0.05) is 44.2 Å². The maximum Gasteiger partial charge on any atom is 0.250 e. The zero-order valence-electron chi connectivity index (χ0n) is 13.5. The van der Waals surface area contributed by atoms with Gasteiger partial charge in [0.1, 0.15) is 17.5 Å². The molecule has 0 bridgehead atoms. The van der Waals surface area contributed by atoms with E-state index in [1.807, 2.05) is 4.90 Å². The number of hydrogen-bond donors (Lipinski definition) is 2. The zero-order chi connectivity index (χ0) is 18.0. The molecule has 0 amide bonds. The number of benzene rings is 1. The smallest absolute Gasteiger partial charge is 0.250 e. The second kappa shape index (κ2) is 7.22. The van der Waals surface area contributed by atoms with Crippen LogP contribution in [0.5, 0.6) is 0 Å². The molecule has 0 unspecified atom stereocenters. The Labute approximate surface area is 153 Å². The summed E-state index contributed by atoms with van der Waals surface area (Å²) in [5, 5.41) is 6.00. The lowest BCUT2D eigenvalue weighted by Gasteiger charge is -2.28. The van der Waals surface area contributed by atoms with Gasteiger partial charge in [0.2, 0.25) is 9.84 Å². The number of halogens is 2. The molecular formula is C15H17BrFN5O2S. The summed E-state index contributed by atoms with van der Waals surface area (Å²) in [4.78, 5) is 10.3. The van der Waals surface area contributed by atoms with Crippen molar-refractivity contribution < 1.29 is 12.8 Å². The third-order valence-corrected chi connectivity index (χ3v) is 5.11.